The van der Waals surface area contributed by atoms with Gasteiger partial charge in [-0.1, -0.05) is 51.1 Å². The van der Waals surface area contributed by atoms with Crippen LogP contribution in [0.15, 0.2) is 30.3 Å². The van der Waals surface area contributed by atoms with Crippen molar-refractivity contribution >= 4 is 29.2 Å². The highest BCUT2D eigenvalue weighted by molar-refractivity contribution is 7.80. The Labute approximate surface area is 435 Å². The number of hydrogen-bond acceptors (Lipinski definition) is 16. The number of benzene rings is 1. The number of ether oxygens (including phenoxy) is 6. The Hall–Kier alpha value is -2.63. The molecule has 1 aromatic carbocycles. The maximum absolute atomic E-state index is 14.7. The van der Waals surface area contributed by atoms with E-state index < -0.39 is 102 Å². The number of nitrogens with one attached hydrogen (secondary N) is 1. The number of aliphatic hydroxyl groups is 5. The van der Waals surface area contributed by atoms with Crippen molar-refractivity contribution in [2.24, 2.45) is 23.5 Å². The molecule has 18 atom stereocenters. The zero-order chi connectivity index (χ0) is 53.9. The van der Waals surface area contributed by atoms with E-state index >= 15 is 0 Å². The Morgan fingerprint density at radius 1 is 0.958 bits per heavy atom. The first-order valence-corrected chi connectivity index (χ1v) is 26.7. The normalized spacial score (nSPS) is 38.9. The van der Waals surface area contributed by atoms with Gasteiger partial charge in [-0.15, -0.1) is 0 Å². The average Bonchev–Trinajstić information content (AvgIpc) is 3.32. The first-order chi connectivity index (χ1) is 33.7. The summed E-state index contributed by atoms with van der Waals surface area (Å²) in [6, 6.07) is 9.17. The maximum Gasteiger partial charge on any atom is 0.311 e. The second-order valence-corrected chi connectivity index (χ2v) is 22.5. The zero-order valence-electron chi connectivity index (χ0n) is 45.6. The Bertz CT molecular complexity index is 1830. The van der Waals surface area contributed by atoms with Gasteiger partial charge >= 0.3 is 5.97 Å². The maximum atomic E-state index is 14.7. The monoisotopic (exact) mass is 1040 g/mol. The molecule has 3 aliphatic heterocycles. The molecular weight excluding hydrogens is 947 g/mol. The van der Waals surface area contributed by atoms with Gasteiger partial charge in [0.05, 0.1) is 41.5 Å². The number of esters is 1. The van der Waals surface area contributed by atoms with Crippen molar-refractivity contribution in [1.29, 1.82) is 0 Å². The molecule has 0 saturated carbocycles. The van der Waals surface area contributed by atoms with Gasteiger partial charge in [-0.05, 0) is 125 Å². The number of likely N-dealkylation sites (N-methyl/N-ethyl adjacent to an activating group) is 1. The molecule has 3 aliphatic rings. The molecule has 19 heteroatoms. The SMILES string of the molecule is CC[C@H]1OC(=O)[C@H](C)[C@@H](O[C@H]2C[C@@](C)(OC)[C@@H](O)[C@H](C)O2)[C@H](C)[C@@H](O[C@@H]2O[C@H](C)C[C@H](N(C)C)[C@H]2O)[C@](C)(O)C[C@@H](C)CN(CCCN(CCC(N)=O)C(=S)NCCCc2ccccc2)[C@H](C)[C@@H](O)[C@]1(C)O. The molecule has 0 unspecified atom stereocenters. The number of nitrogens with two attached hydrogens (primary N) is 1. The van der Waals surface area contributed by atoms with Gasteiger partial charge in [0.25, 0.3) is 0 Å². The first kappa shape index (κ1) is 61.9. The van der Waals surface area contributed by atoms with E-state index in [0.29, 0.717) is 50.7 Å². The third-order valence-electron chi connectivity index (χ3n) is 15.6. The summed E-state index contributed by atoms with van der Waals surface area (Å²) < 4.78 is 38.2. The van der Waals surface area contributed by atoms with Crippen molar-refractivity contribution in [3.63, 3.8) is 0 Å². The zero-order valence-corrected chi connectivity index (χ0v) is 46.4. The van der Waals surface area contributed by atoms with Crippen molar-refractivity contribution in [1.82, 2.24) is 20.0 Å². The lowest BCUT2D eigenvalue weighted by atomic mass is 9.77. The summed E-state index contributed by atoms with van der Waals surface area (Å²) in [5, 5.41) is 64.3. The molecule has 4 rings (SSSR count). The molecule has 0 spiro atoms. The lowest BCUT2D eigenvalue weighted by molar-refractivity contribution is -0.318. The molecule has 414 valence electrons. The summed E-state index contributed by atoms with van der Waals surface area (Å²) in [6.07, 6.45) is -6.80. The predicted molar refractivity (Wildman–Crippen MR) is 278 cm³/mol. The fourth-order valence-corrected chi connectivity index (χ4v) is 11.5. The minimum Gasteiger partial charge on any atom is -0.459 e. The van der Waals surface area contributed by atoms with Gasteiger partial charge in [0, 0.05) is 70.7 Å². The summed E-state index contributed by atoms with van der Waals surface area (Å²) in [7, 11) is 5.26. The van der Waals surface area contributed by atoms with Crippen LogP contribution in [0.3, 0.4) is 0 Å². The molecule has 8 N–H and O–H groups in total. The second-order valence-electron chi connectivity index (χ2n) is 22.1. The number of carbonyl (C=O) groups is 2. The lowest BCUT2D eigenvalue weighted by Crippen LogP contribution is -2.60. The highest BCUT2D eigenvalue weighted by Gasteiger charge is 2.53. The van der Waals surface area contributed by atoms with E-state index in [1.165, 1.54) is 19.6 Å². The quantitative estimate of drug-likeness (QED) is 0.0634. The summed E-state index contributed by atoms with van der Waals surface area (Å²) in [4.78, 5) is 32.6. The smallest absolute Gasteiger partial charge is 0.311 e. The van der Waals surface area contributed by atoms with Crippen LogP contribution in [0, 0.1) is 17.8 Å². The van der Waals surface area contributed by atoms with Crippen LogP contribution in [0.1, 0.15) is 120 Å². The number of thiocarbonyl (C=S) groups is 1. The van der Waals surface area contributed by atoms with Crippen molar-refractivity contribution in [3.05, 3.63) is 35.9 Å². The Kier molecular flexibility index (Phi) is 23.6. The number of aliphatic hydroxyl groups excluding tert-OH is 3. The fraction of sp³-hybridized carbons (Fsp3) is 0.830. The number of nitrogens with zero attached hydrogens (tertiary/aromatic N) is 3. The van der Waals surface area contributed by atoms with E-state index in [4.69, 9.17) is 46.4 Å². The molecule has 0 aromatic heterocycles. The van der Waals surface area contributed by atoms with Crippen LogP contribution >= 0.6 is 12.2 Å². The Morgan fingerprint density at radius 3 is 2.24 bits per heavy atom. The van der Waals surface area contributed by atoms with E-state index in [-0.39, 0.29) is 43.7 Å². The van der Waals surface area contributed by atoms with Crippen molar-refractivity contribution in [3.8, 4) is 0 Å². The third kappa shape index (κ3) is 16.4. The summed E-state index contributed by atoms with van der Waals surface area (Å²) in [5.74, 6) is -3.36. The number of methoxy groups -OCH3 is 1. The highest BCUT2D eigenvalue weighted by atomic mass is 32.1. The third-order valence-corrected chi connectivity index (χ3v) is 16.0. The molecule has 0 radical (unpaired) electrons. The molecule has 0 bridgehead atoms. The van der Waals surface area contributed by atoms with Crippen LogP contribution in [0.5, 0.6) is 0 Å². The largest absolute Gasteiger partial charge is 0.459 e. The first-order valence-electron chi connectivity index (χ1n) is 26.3. The van der Waals surface area contributed by atoms with Crippen LogP contribution in [0.2, 0.25) is 0 Å². The van der Waals surface area contributed by atoms with Gasteiger partial charge < -0.3 is 74.8 Å². The number of aryl methyl sites for hydroxylation is 1. The standard InChI is InChI=1S/C53H93N5O13S/c1-14-40-53(10,65)45(61)36(6)58(26-19-25-57(27-23-41(54)59)50(72)55-24-18-22-38-20-16-15-17-21-38)31-32(2)29-51(8,64)47(71-49-43(60)39(56(11)12)28-33(3)67-49)34(4)44(35(5)48(63)69-40)70-42-30-52(9,66-13)46(62)37(7)68-42/h15-17,20-21,32-37,39-40,42-47,49,60-62,64-65H,14,18-19,22-31H2,1-13H3,(H2,54,59)(H,55,72)/t32-,33-,34+,35-,36-,37+,39+,40-,42+,43-,44+,45-,46+,47-,49+,51-,52-,53-/m1/s1. The van der Waals surface area contributed by atoms with Gasteiger partial charge in [0.2, 0.25) is 5.91 Å². The number of primary amides is 1. The number of carbonyl (C=O) groups excluding carboxylic acids is 2. The number of amides is 1. The van der Waals surface area contributed by atoms with Crippen LogP contribution in [0.4, 0.5) is 0 Å². The number of rotatable bonds is 18. The fourth-order valence-electron chi connectivity index (χ4n) is 11.2. The molecule has 3 heterocycles. The summed E-state index contributed by atoms with van der Waals surface area (Å²) in [6.45, 7) is 19.7. The van der Waals surface area contributed by atoms with Crippen LogP contribution < -0.4 is 11.1 Å². The van der Waals surface area contributed by atoms with Crippen LogP contribution in [-0.4, -0.2) is 201 Å². The molecule has 0 aliphatic carbocycles. The van der Waals surface area contributed by atoms with Gasteiger partial charge in [-0.2, -0.15) is 0 Å². The van der Waals surface area contributed by atoms with Crippen molar-refractivity contribution in [2.75, 3.05) is 53.9 Å². The van der Waals surface area contributed by atoms with Gasteiger partial charge in [-0.25, -0.2) is 0 Å². The van der Waals surface area contributed by atoms with Gasteiger partial charge in [0.1, 0.15) is 30.0 Å². The van der Waals surface area contributed by atoms with Crippen LogP contribution in [-0.2, 0) is 44.4 Å². The second kappa shape index (κ2) is 27.4. The minimum atomic E-state index is -1.93. The topological polar surface area (TPSA) is 238 Å². The molecular formula is C53H93N5O13S. The van der Waals surface area contributed by atoms with Gasteiger partial charge in [-0.3, -0.25) is 14.5 Å². The van der Waals surface area contributed by atoms with Crippen molar-refractivity contribution in [2.45, 2.75) is 211 Å². The number of hydrogen-bond donors (Lipinski definition) is 7. The summed E-state index contributed by atoms with van der Waals surface area (Å²) >= 11 is 5.85. The van der Waals surface area contributed by atoms with E-state index in [2.05, 4.69) is 22.3 Å². The van der Waals surface area contributed by atoms with Gasteiger partial charge in [0.15, 0.2) is 17.7 Å². The van der Waals surface area contributed by atoms with E-state index in [9.17, 15) is 35.1 Å². The molecule has 1 amide bonds. The molecule has 18 nitrogen and oxygen atoms in total. The van der Waals surface area contributed by atoms with E-state index in [1.807, 2.05) is 69.8 Å². The summed E-state index contributed by atoms with van der Waals surface area (Å²) in [5.41, 5.74) is 2.15. The van der Waals surface area contributed by atoms with Crippen molar-refractivity contribution < 1.29 is 63.5 Å². The Balaban J connectivity index is 1.72. The number of cyclic esters (lactones) is 1. The minimum absolute atomic E-state index is 0.0948. The van der Waals surface area contributed by atoms with Crippen LogP contribution in [0.25, 0.3) is 0 Å². The molecule has 3 saturated heterocycles. The Morgan fingerprint density at radius 2 is 1.62 bits per heavy atom. The molecule has 72 heavy (non-hydrogen) atoms. The lowest BCUT2D eigenvalue weighted by Gasteiger charge is -2.48. The molecule has 1 aromatic rings. The molecule has 3 fully saturated rings. The predicted octanol–water partition coefficient (Wildman–Crippen LogP) is 3.35. The highest BCUT2D eigenvalue weighted by Crippen LogP contribution is 2.40. The van der Waals surface area contributed by atoms with E-state index in [1.54, 1.807) is 34.6 Å². The average molecular weight is 1040 g/mol. The van der Waals surface area contributed by atoms with E-state index in [0.717, 1.165) is 12.8 Å².